The minimum absolute atomic E-state index is 0.0543. The van der Waals surface area contributed by atoms with E-state index in [9.17, 15) is 4.79 Å². The molecule has 1 saturated heterocycles. The van der Waals surface area contributed by atoms with Gasteiger partial charge in [-0.05, 0) is 30.9 Å². The molecule has 5 heterocycles. The summed E-state index contributed by atoms with van der Waals surface area (Å²) in [5.41, 5.74) is 9.49. The van der Waals surface area contributed by atoms with Crippen molar-refractivity contribution in [3.8, 4) is 11.3 Å². The van der Waals surface area contributed by atoms with Crippen LogP contribution in [0.2, 0.25) is 5.02 Å². The second-order valence-corrected chi connectivity index (χ2v) is 11.1. The summed E-state index contributed by atoms with van der Waals surface area (Å²) in [5.74, 6) is 1.44. The molecule has 2 fully saturated rings. The lowest BCUT2D eigenvalue weighted by Gasteiger charge is -2.26. The molecule has 3 N–H and O–H groups in total. The summed E-state index contributed by atoms with van der Waals surface area (Å²) < 4.78 is 3.33. The molecule has 1 aliphatic heterocycles. The van der Waals surface area contributed by atoms with Gasteiger partial charge < -0.3 is 10.6 Å². The van der Waals surface area contributed by atoms with Crippen LogP contribution in [-0.4, -0.2) is 54.1 Å². The zero-order chi connectivity index (χ0) is 24.9. The number of nitrogens with one attached hydrogen (secondary N) is 1. The number of thiazole rings is 1. The van der Waals surface area contributed by atoms with Gasteiger partial charge in [-0.3, -0.25) is 19.1 Å². The molecule has 1 saturated carbocycles. The van der Waals surface area contributed by atoms with Crippen LogP contribution in [0.1, 0.15) is 10.7 Å². The van der Waals surface area contributed by atoms with Crippen molar-refractivity contribution in [1.82, 2.24) is 34.5 Å². The Morgan fingerprint density at radius 2 is 2.03 bits per heavy atom. The van der Waals surface area contributed by atoms with E-state index in [1.807, 2.05) is 32.3 Å². The van der Waals surface area contributed by atoms with Crippen LogP contribution in [0.15, 0.2) is 28.5 Å². The lowest BCUT2D eigenvalue weighted by molar-refractivity contribution is 0.542. The number of nitrogens with zero attached hydrogens (tertiary/aromatic N) is 7. The van der Waals surface area contributed by atoms with E-state index in [1.165, 1.54) is 0 Å². The largest absolute Gasteiger partial charge is 0.341 e. The van der Waals surface area contributed by atoms with Crippen molar-refractivity contribution in [2.45, 2.75) is 12.3 Å². The normalized spacial score (nSPS) is 23.2. The summed E-state index contributed by atoms with van der Waals surface area (Å²) in [6, 6.07) is 3.73. The van der Waals surface area contributed by atoms with Gasteiger partial charge in [-0.15, -0.1) is 11.3 Å². The number of aromatic amines is 1. The first-order valence-electron chi connectivity index (χ1n) is 11.8. The summed E-state index contributed by atoms with van der Waals surface area (Å²) in [7, 11) is 3.61. The molecule has 36 heavy (non-hydrogen) atoms. The number of hydrogen-bond acceptors (Lipinski definition) is 8. The number of fused-ring (bicyclic) bond motifs is 3. The highest BCUT2D eigenvalue weighted by atomic mass is 35.5. The van der Waals surface area contributed by atoms with Crippen LogP contribution >= 0.6 is 22.9 Å². The Morgan fingerprint density at radius 1 is 1.25 bits per heavy atom. The lowest BCUT2D eigenvalue weighted by Crippen LogP contribution is -2.37. The van der Waals surface area contributed by atoms with E-state index in [0.29, 0.717) is 51.6 Å². The monoisotopic (exact) mass is 521 g/mol. The number of anilines is 1. The lowest BCUT2D eigenvalue weighted by atomic mass is 10.0. The van der Waals surface area contributed by atoms with Gasteiger partial charge in [-0.2, -0.15) is 15.2 Å². The smallest absolute Gasteiger partial charge is 0.266 e. The highest BCUT2D eigenvalue weighted by molar-refractivity contribution is 7.09. The predicted octanol–water partition coefficient (Wildman–Crippen LogP) is 2.59. The van der Waals surface area contributed by atoms with Gasteiger partial charge >= 0.3 is 0 Å². The molecule has 0 bridgehead atoms. The Kier molecular flexibility index (Phi) is 4.50. The van der Waals surface area contributed by atoms with Crippen molar-refractivity contribution in [2.24, 2.45) is 31.7 Å². The van der Waals surface area contributed by atoms with Crippen molar-refractivity contribution in [3.63, 3.8) is 0 Å². The van der Waals surface area contributed by atoms with E-state index in [0.717, 1.165) is 34.7 Å². The molecule has 1 aromatic carbocycles. The van der Waals surface area contributed by atoms with Crippen LogP contribution in [0.5, 0.6) is 0 Å². The Morgan fingerprint density at radius 3 is 2.72 bits per heavy atom. The van der Waals surface area contributed by atoms with Gasteiger partial charge in [-0.25, -0.2) is 4.98 Å². The molecule has 12 heteroatoms. The molecule has 2 aliphatic rings. The zero-order valence-electron chi connectivity index (χ0n) is 20.0. The van der Waals surface area contributed by atoms with E-state index in [1.54, 1.807) is 27.6 Å². The van der Waals surface area contributed by atoms with Crippen molar-refractivity contribution in [1.29, 1.82) is 0 Å². The standard InChI is InChI=1S/C24H24ClN9OS/c1-11-9-36-22(27-11)24(10-26)14-7-34(8-15(14)24)23-28-20-17(21(35)33(23)3)19(29-30-20)12-4-5-16-13(18(12)25)6-32(2)31-16/h4-6,9,14-15H,7-8,10,26H2,1-3H3,(H,29,30)/t14-,15+,24-. The predicted molar refractivity (Wildman–Crippen MR) is 141 cm³/mol. The highest BCUT2D eigenvalue weighted by Gasteiger charge is 2.69. The number of aromatic nitrogens is 7. The van der Waals surface area contributed by atoms with Crippen molar-refractivity contribution in [2.75, 3.05) is 24.5 Å². The van der Waals surface area contributed by atoms with E-state index < -0.39 is 0 Å². The molecule has 4 aromatic heterocycles. The number of aryl methyl sites for hydroxylation is 2. The average molecular weight is 522 g/mol. The van der Waals surface area contributed by atoms with Gasteiger partial charge in [0.05, 0.1) is 10.5 Å². The topological polar surface area (TPSA) is 124 Å². The summed E-state index contributed by atoms with van der Waals surface area (Å²) in [4.78, 5) is 25.3. The van der Waals surface area contributed by atoms with Crippen LogP contribution in [-0.2, 0) is 19.5 Å². The Balaban J connectivity index is 1.26. The first-order valence-corrected chi connectivity index (χ1v) is 13.0. The summed E-state index contributed by atoms with van der Waals surface area (Å²) >= 11 is 8.43. The van der Waals surface area contributed by atoms with Crippen LogP contribution in [0, 0.1) is 18.8 Å². The maximum Gasteiger partial charge on any atom is 0.266 e. The molecule has 0 radical (unpaired) electrons. The molecular weight excluding hydrogens is 498 g/mol. The van der Waals surface area contributed by atoms with E-state index in [4.69, 9.17) is 27.3 Å². The number of rotatable bonds is 4. The second-order valence-electron chi connectivity index (χ2n) is 9.89. The number of H-pyrrole nitrogens is 1. The third-order valence-corrected chi connectivity index (χ3v) is 9.50. The SMILES string of the molecule is Cc1csc([C@]2(CN)[C@@H]3CN(c4nc5[nH]nc(-c6ccc7nn(C)cc7c6Cl)c5c(=O)n4C)C[C@@H]32)n1. The highest BCUT2D eigenvalue weighted by Crippen LogP contribution is 2.63. The molecule has 0 spiro atoms. The minimum Gasteiger partial charge on any atom is -0.341 e. The van der Waals surface area contributed by atoms with Crippen LogP contribution in [0.3, 0.4) is 0 Å². The van der Waals surface area contributed by atoms with E-state index >= 15 is 0 Å². The minimum atomic E-state index is -0.165. The maximum atomic E-state index is 13.6. The molecule has 1 aliphatic carbocycles. The van der Waals surface area contributed by atoms with Crippen LogP contribution in [0.4, 0.5) is 5.95 Å². The first kappa shape index (κ1) is 22.0. The first-order chi connectivity index (χ1) is 17.3. The van der Waals surface area contributed by atoms with Crippen molar-refractivity contribution >= 4 is 50.8 Å². The van der Waals surface area contributed by atoms with Gasteiger partial charge in [0.2, 0.25) is 5.95 Å². The van der Waals surface area contributed by atoms with Crippen LogP contribution in [0.25, 0.3) is 33.2 Å². The molecular formula is C24H24ClN9OS. The maximum absolute atomic E-state index is 13.6. The fourth-order valence-corrected chi connectivity index (χ4v) is 7.50. The molecule has 5 aromatic rings. The quantitative estimate of drug-likeness (QED) is 0.372. The third kappa shape index (κ3) is 2.78. The molecule has 0 amide bonds. The summed E-state index contributed by atoms with van der Waals surface area (Å²) in [5, 5.41) is 16.8. The van der Waals surface area contributed by atoms with Gasteiger partial charge in [0.15, 0.2) is 5.65 Å². The Bertz CT molecular complexity index is 1740. The molecule has 0 unspecified atom stereocenters. The zero-order valence-corrected chi connectivity index (χ0v) is 21.6. The Hall–Kier alpha value is -3.28. The van der Waals surface area contributed by atoms with Crippen LogP contribution < -0.4 is 16.2 Å². The second kappa shape index (κ2) is 7.37. The molecule has 184 valence electrons. The fourth-order valence-electron chi connectivity index (χ4n) is 6.06. The summed E-state index contributed by atoms with van der Waals surface area (Å²) in [6.45, 7) is 4.18. The Labute approximate surface area is 214 Å². The summed E-state index contributed by atoms with van der Waals surface area (Å²) in [6.07, 6.45) is 1.86. The molecule has 7 rings (SSSR count). The number of hydrogen-bond donors (Lipinski definition) is 2. The number of benzene rings is 1. The molecule has 3 atom stereocenters. The van der Waals surface area contributed by atoms with E-state index in [2.05, 4.69) is 25.6 Å². The van der Waals surface area contributed by atoms with Gasteiger partial charge in [0, 0.05) is 67.4 Å². The molecule has 10 nitrogen and oxygen atoms in total. The average Bonchev–Trinajstić information content (AvgIpc) is 3.46. The number of piperidine rings is 1. The van der Waals surface area contributed by atoms with E-state index in [-0.39, 0.29) is 11.0 Å². The van der Waals surface area contributed by atoms with Gasteiger partial charge in [0.1, 0.15) is 16.1 Å². The number of halogens is 1. The van der Waals surface area contributed by atoms with Crippen molar-refractivity contribution < 1.29 is 0 Å². The third-order valence-electron chi connectivity index (χ3n) is 7.94. The number of nitrogens with two attached hydrogens (primary N) is 1. The van der Waals surface area contributed by atoms with Gasteiger partial charge in [0.25, 0.3) is 5.56 Å². The fraction of sp³-hybridized carbons (Fsp3) is 0.375. The van der Waals surface area contributed by atoms with Crippen molar-refractivity contribution in [3.05, 3.63) is 49.8 Å². The van der Waals surface area contributed by atoms with Gasteiger partial charge in [-0.1, -0.05) is 11.6 Å².